The Hall–Kier alpha value is -2.19. The van der Waals surface area contributed by atoms with Crippen LogP contribution in [-0.2, 0) is 9.84 Å². The number of nitrogens with one attached hydrogen (secondary N) is 1. The van der Waals surface area contributed by atoms with Gasteiger partial charge in [-0.1, -0.05) is 18.2 Å². The van der Waals surface area contributed by atoms with Crippen LogP contribution in [-0.4, -0.2) is 37.9 Å². The van der Waals surface area contributed by atoms with Crippen LogP contribution in [0.15, 0.2) is 47.4 Å². The van der Waals surface area contributed by atoms with E-state index in [0.717, 1.165) is 10.5 Å². The highest BCUT2D eigenvalue weighted by Crippen LogP contribution is 2.35. The molecule has 0 aromatic heterocycles. The van der Waals surface area contributed by atoms with Gasteiger partial charge in [-0.3, -0.25) is 4.79 Å². The molecule has 0 saturated carbocycles. The first kappa shape index (κ1) is 19.1. The van der Waals surface area contributed by atoms with Crippen LogP contribution in [0.2, 0.25) is 0 Å². The third kappa shape index (κ3) is 4.12. The van der Waals surface area contributed by atoms with Crippen molar-refractivity contribution in [2.24, 2.45) is 0 Å². The van der Waals surface area contributed by atoms with Gasteiger partial charge >= 0.3 is 0 Å². The summed E-state index contributed by atoms with van der Waals surface area (Å²) >= 11 is 1.47. The molecule has 148 valence electrons. The number of carbonyl (C=O) groups is 1. The lowest BCUT2D eigenvalue weighted by Gasteiger charge is -2.17. The molecule has 2 aliphatic rings. The maximum absolute atomic E-state index is 12.9. The third-order valence-electron chi connectivity index (χ3n) is 4.86. The Balaban J connectivity index is 1.47. The first-order valence-electron chi connectivity index (χ1n) is 9.08. The van der Waals surface area contributed by atoms with Crippen LogP contribution < -0.4 is 14.8 Å². The molecular weight excluding hydrogens is 398 g/mol. The van der Waals surface area contributed by atoms with Crippen LogP contribution in [0.4, 0.5) is 0 Å². The lowest BCUT2D eigenvalue weighted by atomic mass is 10.1. The SMILES string of the molecule is C[C@H](NC(=O)c1ccccc1S[C@H]1CCS(=O)(=O)C1)c1ccc2c(c1)OCO2. The fraction of sp³-hybridized carbons (Fsp3) is 0.350. The maximum Gasteiger partial charge on any atom is 0.252 e. The van der Waals surface area contributed by atoms with Crippen LogP contribution in [0.1, 0.15) is 35.3 Å². The number of hydrogen-bond acceptors (Lipinski definition) is 6. The summed E-state index contributed by atoms with van der Waals surface area (Å²) in [5.74, 6) is 1.59. The smallest absolute Gasteiger partial charge is 0.252 e. The Bertz CT molecular complexity index is 1010. The average Bonchev–Trinajstić information content (AvgIpc) is 3.27. The molecule has 2 heterocycles. The zero-order chi connectivity index (χ0) is 19.7. The molecule has 2 aromatic carbocycles. The van der Waals surface area contributed by atoms with Crippen LogP contribution in [0.25, 0.3) is 0 Å². The van der Waals surface area contributed by atoms with Crippen LogP contribution in [0.3, 0.4) is 0 Å². The Kier molecular flexibility index (Phi) is 5.25. The number of hydrogen-bond donors (Lipinski definition) is 1. The minimum absolute atomic E-state index is 0.00904. The van der Waals surface area contributed by atoms with E-state index in [0.29, 0.717) is 23.5 Å². The van der Waals surface area contributed by atoms with E-state index >= 15 is 0 Å². The van der Waals surface area contributed by atoms with Gasteiger partial charge in [-0.15, -0.1) is 11.8 Å². The second kappa shape index (κ2) is 7.67. The summed E-state index contributed by atoms with van der Waals surface area (Å²) in [7, 11) is -2.95. The molecule has 2 aliphatic heterocycles. The van der Waals surface area contributed by atoms with Crippen molar-refractivity contribution in [3.05, 3.63) is 53.6 Å². The topological polar surface area (TPSA) is 81.7 Å². The quantitative estimate of drug-likeness (QED) is 0.802. The Morgan fingerprint density at radius 3 is 2.75 bits per heavy atom. The minimum atomic E-state index is -2.95. The molecule has 28 heavy (non-hydrogen) atoms. The zero-order valence-corrected chi connectivity index (χ0v) is 17.0. The van der Waals surface area contributed by atoms with Gasteiger partial charge in [0.05, 0.1) is 23.1 Å². The lowest BCUT2D eigenvalue weighted by molar-refractivity contribution is 0.0937. The van der Waals surface area contributed by atoms with Crippen molar-refractivity contribution in [2.45, 2.75) is 29.5 Å². The van der Waals surface area contributed by atoms with Gasteiger partial charge < -0.3 is 14.8 Å². The highest BCUT2D eigenvalue weighted by Gasteiger charge is 2.29. The van der Waals surface area contributed by atoms with E-state index in [2.05, 4.69) is 5.32 Å². The summed E-state index contributed by atoms with van der Waals surface area (Å²) < 4.78 is 34.2. The molecule has 4 rings (SSSR count). The average molecular weight is 420 g/mol. The van der Waals surface area contributed by atoms with E-state index < -0.39 is 9.84 Å². The Morgan fingerprint density at radius 1 is 1.18 bits per heavy atom. The van der Waals surface area contributed by atoms with Crippen molar-refractivity contribution in [3.8, 4) is 11.5 Å². The van der Waals surface area contributed by atoms with Gasteiger partial charge in [0.1, 0.15) is 0 Å². The predicted octanol–water partition coefficient (Wildman–Crippen LogP) is 3.19. The van der Waals surface area contributed by atoms with E-state index in [4.69, 9.17) is 9.47 Å². The zero-order valence-electron chi connectivity index (χ0n) is 15.4. The highest BCUT2D eigenvalue weighted by atomic mass is 32.2. The largest absolute Gasteiger partial charge is 0.454 e. The van der Waals surface area contributed by atoms with Crippen molar-refractivity contribution < 1.29 is 22.7 Å². The van der Waals surface area contributed by atoms with Crippen LogP contribution in [0.5, 0.6) is 11.5 Å². The number of ether oxygens (including phenoxy) is 2. The van der Waals surface area contributed by atoms with Crippen molar-refractivity contribution in [1.29, 1.82) is 0 Å². The van der Waals surface area contributed by atoms with Crippen molar-refractivity contribution in [2.75, 3.05) is 18.3 Å². The maximum atomic E-state index is 12.9. The van der Waals surface area contributed by atoms with Gasteiger partial charge in [0.15, 0.2) is 21.3 Å². The molecule has 0 spiro atoms. The number of benzene rings is 2. The molecule has 2 aromatic rings. The molecule has 0 aliphatic carbocycles. The fourth-order valence-electron chi connectivity index (χ4n) is 3.33. The van der Waals surface area contributed by atoms with Gasteiger partial charge in [0.2, 0.25) is 6.79 Å². The van der Waals surface area contributed by atoms with E-state index in [1.807, 2.05) is 43.3 Å². The summed E-state index contributed by atoms with van der Waals surface area (Å²) in [6, 6.07) is 12.7. The summed E-state index contributed by atoms with van der Waals surface area (Å²) in [5.41, 5.74) is 1.48. The van der Waals surface area contributed by atoms with E-state index in [9.17, 15) is 13.2 Å². The Labute approximate surface area is 168 Å². The number of sulfone groups is 1. The van der Waals surface area contributed by atoms with E-state index in [-0.39, 0.29) is 35.5 Å². The van der Waals surface area contributed by atoms with E-state index in [1.54, 1.807) is 6.07 Å². The fourth-order valence-corrected chi connectivity index (χ4v) is 6.96. The number of thioether (sulfide) groups is 1. The molecule has 2 atom stereocenters. The standard InChI is InChI=1S/C20H21NO5S2/c1-13(14-6-7-17-18(10-14)26-12-25-17)21-20(22)16-4-2-3-5-19(16)27-15-8-9-28(23,24)11-15/h2-7,10,13,15H,8-9,11-12H2,1H3,(H,21,22)/t13-,15-/m0/s1. The minimum Gasteiger partial charge on any atom is -0.454 e. The number of amides is 1. The first-order valence-corrected chi connectivity index (χ1v) is 11.8. The molecule has 1 saturated heterocycles. The normalized spacial score (nSPS) is 20.7. The van der Waals surface area contributed by atoms with Crippen molar-refractivity contribution >= 4 is 27.5 Å². The van der Waals surface area contributed by atoms with Crippen molar-refractivity contribution in [3.63, 3.8) is 0 Å². The predicted molar refractivity (Wildman–Crippen MR) is 108 cm³/mol. The number of fused-ring (bicyclic) bond motifs is 1. The van der Waals surface area contributed by atoms with Crippen LogP contribution >= 0.6 is 11.8 Å². The summed E-state index contributed by atoms with van der Waals surface area (Å²) in [6.45, 7) is 2.12. The highest BCUT2D eigenvalue weighted by molar-refractivity contribution is 8.02. The second-order valence-corrected chi connectivity index (χ2v) is 10.5. The molecule has 0 unspecified atom stereocenters. The summed E-state index contributed by atoms with van der Waals surface area (Å²) in [5, 5.41) is 3.01. The van der Waals surface area contributed by atoms with Gasteiger partial charge in [-0.2, -0.15) is 0 Å². The van der Waals surface area contributed by atoms with Crippen molar-refractivity contribution in [1.82, 2.24) is 5.32 Å². The van der Waals surface area contributed by atoms with Gasteiger partial charge in [0.25, 0.3) is 5.91 Å². The third-order valence-corrected chi connectivity index (χ3v) is 8.18. The molecule has 6 nitrogen and oxygen atoms in total. The molecule has 1 amide bonds. The van der Waals surface area contributed by atoms with Gasteiger partial charge in [0, 0.05) is 10.1 Å². The van der Waals surface area contributed by atoms with E-state index in [1.165, 1.54) is 11.8 Å². The molecule has 0 bridgehead atoms. The second-order valence-electron chi connectivity index (χ2n) is 6.95. The molecule has 0 radical (unpaired) electrons. The monoisotopic (exact) mass is 419 g/mol. The molecular formula is C20H21NO5S2. The van der Waals surface area contributed by atoms with Crippen LogP contribution in [0, 0.1) is 0 Å². The lowest BCUT2D eigenvalue weighted by Crippen LogP contribution is -2.27. The molecule has 1 N–H and O–H groups in total. The Morgan fingerprint density at radius 2 is 1.96 bits per heavy atom. The number of carbonyl (C=O) groups excluding carboxylic acids is 1. The van der Waals surface area contributed by atoms with Gasteiger partial charge in [-0.25, -0.2) is 8.42 Å². The van der Waals surface area contributed by atoms with Gasteiger partial charge in [-0.05, 0) is 43.2 Å². The first-order chi connectivity index (χ1) is 13.4. The number of rotatable bonds is 5. The molecule has 1 fully saturated rings. The summed E-state index contributed by atoms with van der Waals surface area (Å²) in [6.07, 6.45) is 0.622. The molecule has 8 heteroatoms. The summed E-state index contributed by atoms with van der Waals surface area (Å²) in [4.78, 5) is 13.7.